The summed E-state index contributed by atoms with van der Waals surface area (Å²) in [5.74, 6) is -1.97. The van der Waals surface area contributed by atoms with Crippen molar-refractivity contribution in [3.05, 3.63) is 54.4 Å². The van der Waals surface area contributed by atoms with Gasteiger partial charge >= 0.3 is 6.18 Å². The van der Waals surface area contributed by atoms with E-state index in [1.165, 1.54) is 62.5 Å². The van der Waals surface area contributed by atoms with E-state index < -0.39 is 39.1 Å². The number of sulfone groups is 1. The predicted molar refractivity (Wildman–Crippen MR) is 121 cm³/mol. The molecular weight excluding hydrogens is 493 g/mol. The first-order chi connectivity index (χ1) is 15.8. The van der Waals surface area contributed by atoms with Gasteiger partial charge in [0, 0.05) is 25.8 Å². The lowest BCUT2D eigenvalue weighted by Crippen LogP contribution is -2.28. The van der Waals surface area contributed by atoms with E-state index in [4.69, 9.17) is 0 Å². The zero-order valence-corrected chi connectivity index (χ0v) is 19.7. The number of nitrogens with zero attached hydrogens (tertiary/aromatic N) is 2. The fourth-order valence-corrected chi connectivity index (χ4v) is 4.44. The van der Waals surface area contributed by atoms with Gasteiger partial charge in [-0.1, -0.05) is 12.1 Å². The Kier molecular flexibility index (Phi) is 7.19. The number of halogens is 3. The lowest BCUT2D eigenvalue weighted by molar-refractivity contribution is -0.144. The van der Waals surface area contributed by atoms with Crippen molar-refractivity contribution in [2.45, 2.75) is 22.9 Å². The van der Waals surface area contributed by atoms with Gasteiger partial charge < -0.3 is 9.87 Å². The Labute approximate surface area is 196 Å². The molecule has 0 aliphatic rings. The van der Waals surface area contributed by atoms with Gasteiger partial charge in [-0.2, -0.15) is 17.9 Å². The molecule has 3 aromatic rings. The Bertz CT molecular complexity index is 1310. The van der Waals surface area contributed by atoms with Crippen LogP contribution in [0.15, 0.2) is 58.3 Å². The van der Waals surface area contributed by atoms with Crippen LogP contribution < -0.4 is 10.0 Å². The van der Waals surface area contributed by atoms with Gasteiger partial charge in [0.1, 0.15) is 17.2 Å². The van der Waals surface area contributed by atoms with Gasteiger partial charge in [0.25, 0.3) is 5.91 Å². The van der Waals surface area contributed by atoms with Crippen LogP contribution in [0.5, 0.6) is 0 Å². The summed E-state index contributed by atoms with van der Waals surface area (Å²) < 4.78 is 78.4. The number of aromatic nitrogens is 2. The molecule has 2 aromatic carbocycles. The highest BCUT2D eigenvalue weighted by atomic mass is 32.2. The third kappa shape index (κ3) is 5.66. The maximum absolute atomic E-state index is 13.5. The van der Waals surface area contributed by atoms with Crippen molar-refractivity contribution in [2.24, 2.45) is 0 Å². The third-order valence-electron chi connectivity index (χ3n) is 4.55. The van der Waals surface area contributed by atoms with Crippen LogP contribution in [-0.2, 0) is 32.2 Å². The normalized spacial score (nSPS) is 12.8. The van der Waals surface area contributed by atoms with Gasteiger partial charge in [0.15, 0.2) is 14.7 Å². The Morgan fingerprint density at radius 3 is 2.03 bits per heavy atom. The Hall–Kier alpha value is -3.16. The van der Waals surface area contributed by atoms with Crippen molar-refractivity contribution >= 4 is 32.9 Å². The van der Waals surface area contributed by atoms with E-state index >= 15 is 0 Å². The molecule has 0 bridgehead atoms. The molecule has 34 heavy (non-hydrogen) atoms. The minimum absolute atomic E-state index is 0.00143. The SMILES string of the molecule is CNc1nc(C(F)(F)F)nc(-c2ccc(S(C)(=O)=O)cc2)c1-c1ccc([S+]([O-])NC(C)=O)cc1. The number of anilines is 1. The molecule has 0 aliphatic carbocycles. The summed E-state index contributed by atoms with van der Waals surface area (Å²) in [4.78, 5) is 18.8. The van der Waals surface area contributed by atoms with Gasteiger partial charge in [-0.05, 0) is 42.0 Å². The van der Waals surface area contributed by atoms with E-state index in [1.54, 1.807) is 0 Å². The number of carbonyl (C=O) groups excluding carboxylic acids is 1. The Morgan fingerprint density at radius 2 is 1.56 bits per heavy atom. The average Bonchev–Trinajstić information content (AvgIpc) is 2.76. The third-order valence-corrected chi connectivity index (χ3v) is 6.85. The molecule has 180 valence electrons. The van der Waals surface area contributed by atoms with Crippen LogP contribution in [0.4, 0.5) is 19.0 Å². The zero-order valence-electron chi connectivity index (χ0n) is 18.1. The molecule has 8 nitrogen and oxygen atoms in total. The molecular formula is C21H19F3N4O4S2. The summed E-state index contributed by atoms with van der Waals surface area (Å²) in [7, 11) is -2.11. The largest absolute Gasteiger partial charge is 0.588 e. The molecule has 1 heterocycles. The molecule has 0 aliphatic heterocycles. The van der Waals surface area contributed by atoms with Crippen molar-refractivity contribution in [1.29, 1.82) is 0 Å². The topological polar surface area (TPSA) is 124 Å². The number of alkyl halides is 3. The molecule has 0 saturated heterocycles. The Balaban J connectivity index is 2.21. The van der Waals surface area contributed by atoms with E-state index in [1.807, 2.05) is 0 Å². The molecule has 0 radical (unpaired) electrons. The smallest absolute Gasteiger partial charge is 0.451 e. The molecule has 1 aromatic heterocycles. The fourth-order valence-electron chi connectivity index (χ4n) is 3.05. The van der Waals surface area contributed by atoms with Gasteiger partial charge in [-0.25, -0.2) is 18.4 Å². The van der Waals surface area contributed by atoms with Crippen LogP contribution >= 0.6 is 0 Å². The van der Waals surface area contributed by atoms with Crippen molar-refractivity contribution in [2.75, 3.05) is 18.6 Å². The molecule has 0 saturated carbocycles. The molecule has 1 unspecified atom stereocenters. The first-order valence-electron chi connectivity index (χ1n) is 9.58. The maximum Gasteiger partial charge on any atom is 0.451 e. The van der Waals surface area contributed by atoms with E-state index in [9.17, 15) is 30.9 Å². The summed E-state index contributed by atoms with van der Waals surface area (Å²) in [5, 5.41) is 2.65. The van der Waals surface area contributed by atoms with Crippen LogP contribution in [0.2, 0.25) is 0 Å². The summed E-state index contributed by atoms with van der Waals surface area (Å²) in [6.07, 6.45) is -3.81. The molecule has 2 N–H and O–H groups in total. The predicted octanol–water partition coefficient (Wildman–Crippen LogP) is 3.43. The molecule has 1 amide bonds. The number of nitrogens with one attached hydrogen (secondary N) is 2. The van der Waals surface area contributed by atoms with Crippen molar-refractivity contribution < 1.29 is 30.9 Å². The average molecular weight is 513 g/mol. The van der Waals surface area contributed by atoms with Crippen LogP contribution in [-0.4, -0.2) is 42.1 Å². The molecule has 13 heteroatoms. The van der Waals surface area contributed by atoms with E-state index in [0.717, 1.165) is 6.26 Å². The van der Waals surface area contributed by atoms with E-state index in [2.05, 4.69) is 20.0 Å². The number of amides is 1. The van der Waals surface area contributed by atoms with Crippen LogP contribution in [0.25, 0.3) is 22.4 Å². The standard InChI is InChI=1S/C21H19F3N4O4S2/c1-12(29)28-33(30)15-8-4-13(5-9-15)17-18(14-6-10-16(11-7-14)34(3,31)32)26-20(21(22,23)24)27-19(17)25-2/h4-11H,1-3H3,(H,28,29)(H,25,26,27). The van der Waals surface area contributed by atoms with Crippen molar-refractivity contribution in [3.63, 3.8) is 0 Å². The number of hydrogen-bond acceptors (Lipinski definition) is 7. The number of hydrogen-bond donors (Lipinski definition) is 2. The van der Waals surface area contributed by atoms with Crippen LogP contribution in [0.1, 0.15) is 12.7 Å². The highest BCUT2D eigenvalue weighted by molar-refractivity contribution is 7.90. The van der Waals surface area contributed by atoms with Gasteiger partial charge in [-0.15, -0.1) is 0 Å². The van der Waals surface area contributed by atoms with Crippen molar-refractivity contribution in [1.82, 2.24) is 14.7 Å². The highest BCUT2D eigenvalue weighted by Crippen LogP contribution is 2.39. The zero-order chi connectivity index (χ0) is 25.3. The minimum atomic E-state index is -4.83. The first-order valence-corrected chi connectivity index (χ1v) is 12.6. The maximum atomic E-state index is 13.5. The number of benzene rings is 2. The van der Waals surface area contributed by atoms with Crippen molar-refractivity contribution in [3.8, 4) is 22.4 Å². The lowest BCUT2D eigenvalue weighted by Gasteiger charge is -2.17. The lowest BCUT2D eigenvalue weighted by atomic mass is 9.99. The number of rotatable bonds is 6. The van der Waals surface area contributed by atoms with E-state index in [-0.39, 0.29) is 32.4 Å². The van der Waals surface area contributed by atoms with Gasteiger partial charge in [0.05, 0.1) is 16.2 Å². The first kappa shape index (κ1) is 25.5. The minimum Gasteiger partial charge on any atom is -0.588 e. The van der Waals surface area contributed by atoms with Crippen LogP contribution in [0, 0.1) is 0 Å². The Morgan fingerprint density at radius 1 is 1.00 bits per heavy atom. The highest BCUT2D eigenvalue weighted by Gasteiger charge is 2.36. The molecule has 0 fully saturated rings. The second kappa shape index (κ2) is 9.60. The second-order valence-electron chi connectivity index (χ2n) is 7.12. The van der Waals surface area contributed by atoms with Crippen LogP contribution in [0.3, 0.4) is 0 Å². The quantitative estimate of drug-likeness (QED) is 0.485. The fraction of sp³-hybridized carbons (Fsp3) is 0.190. The van der Waals surface area contributed by atoms with Gasteiger partial charge in [-0.3, -0.25) is 4.79 Å². The second-order valence-corrected chi connectivity index (χ2v) is 10.3. The van der Waals surface area contributed by atoms with Gasteiger partial charge in [0.2, 0.25) is 5.82 Å². The molecule has 1 atom stereocenters. The summed E-state index contributed by atoms with van der Waals surface area (Å²) in [6.45, 7) is 1.21. The molecule has 0 spiro atoms. The summed E-state index contributed by atoms with van der Waals surface area (Å²) >= 11 is -1.81. The summed E-state index contributed by atoms with van der Waals surface area (Å²) in [6, 6.07) is 11.2. The summed E-state index contributed by atoms with van der Waals surface area (Å²) in [5.41, 5.74) is 0.781. The molecule has 3 rings (SSSR count). The monoisotopic (exact) mass is 512 g/mol. The number of carbonyl (C=O) groups is 1. The van der Waals surface area contributed by atoms with E-state index in [0.29, 0.717) is 5.56 Å².